The fraction of sp³-hybridized carbons (Fsp3) is 0.455. The average Bonchev–Trinajstić information content (AvgIpc) is 2.15. The molecule has 0 aromatic heterocycles. The predicted octanol–water partition coefficient (Wildman–Crippen LogP) is 2.91. The van der Waals surface area contributed by atoms with E-state index < -0.39 is 0 Å². The molecule has 1 aromatic carbocycles. The zero-order valence-electron chi connectivity index (χ0n) is 7.53. The summed E-state index contributed by atoms with van der Waals surface area (Å²) in [4.78, 5) is 0. The molecule has 1 aromatic rings. The van der Waals surface area contributed by atoms with Gasteiger partial charge in [-0.1, -0.05) is 50.1 Å². The molecule has 0 saturated carbocycles. The third kappa shape index (κ3) is 2.67. The van der Waals surface area contributed by atoms with E-state index in [1.165, 1.54) is 0 Å². The number of hydrogen-bond acceptors (Lipinski definition) is 1. The summed E-state index contributed by atoms with van der Waals surface area (Å²) in [6.45, 7) is 2.14. The lowest BCUT2D eigenvalue weighted by Gasteiger charge is -2.09. The maximum Gasteiger partial charge on any atom is 0.0790 e. The van der Waals surface area contributed by atoms with Crippen molar-refractivity contribution in [3.8, 4) is 0 Å². The highest BCUT2D eigenvalue weighted by Gasteiger charge is 2.04. The molecule has 1 N–H and O–H groups in total. The lowest BCUT2D eigenvalue weighted by molar-refractivity contribution is 0.164. The Balaban J connectivity index is 2.48. The first-order valence-corrected chi connectivity index (χ1v) is 4.57. The van der Waals surface area contributed by atoms with Crippen molar-refractivity contribution in [2.24, 2.45) is 0 Å². The highest BCUT2D eigenvalue weighted by Crippen LogP contribution is 2.17. The van der Waals surface area contributed by atoms with E-state index in [1.54, 1.807) is 0 Å². The first-order chi connectivity index (χ1) is 5.84. The van der Waals surface area contributed by atoms with Crippen LogP contribution in [0, 0.1) is 0 Å². The third-order valence-corrected chi connectivity index (χ3v) is 2.02. The molecule has 1 heteroatoms. The van der Waals surface area contributed by atoms with Gasteiger partial charge in [-0.2, -0.15) is 0 Å². The molecule has 0 unspecified atom stereocenters. The number of rotatable bonds is 4. The number of aliphatic hydroxyl groups excluding tert-OH is 1. The minimum atomic E-state index is -0.272. The Morgan fingerprint density at radius 2 is 1.92 bits per heavy atom. The highest BCUT2D eigenvalue weighted by molar-refractivity contribution is 5.16. The SMILES string of the molecule is CCCC[C@@H](O)c1ccccc1. The first-order valence-electron chi connectivity index (χ1n) is 4.57. The number of unbranched alkanes of at least 4 members (excludes halogenated alkanes) is 1. The van der Waals surface area contributed by atoms with Crippen LogP contribution >= 0.6 is 0 Å². The fourth-order valence-corrected chi connectivity index (χ4v) is 1.24. The highest BCUT2D eigenvalue weighted by atomic mass is 16.3. The third-order valence-electron chi connectivity index (χ3n) is 2.02. The molecule has 1 nitrogen and oxygen atoms in total. The van der Waals surface area contributed by atoms with Crippen molar-refractivity contribution >= 4 is 0 Å². The van der Waals surface area contributed by atoms with Crippen LogP contribution in [-0.4, -0.2) is 5.11 Å². The summed E-state index contributed by atoms with van der Waals surface area (Å²) in [5, 5.41) is 9.65. The average molecular weight is 164 g/mol. The van der Waals surface area contributed by atoms with Gasteiger partial charge in [0.1, 0.15) is 0 Å². The molecule has 0 amide bonds. The molecule has 1 atom stereocenters. The van der Waals surface area contributed by atoms with E-state index in [4.69, 9.17) is 0 Å². The van der Waals surface area contributed by atoms with E-state index in [-0.39, 0.29) is 6.10 Å². The van der Waals surface area contributed by atoms with Crippen molar-refractivity contribution < 1.29 is 5.11 Å². The largest absolute Gasteiger partial charge is 0.388 e. The van der Waals surface area contributed by atoms with Crippen LogP contribution in [0.3, 0.4) is 0 Å². The number of benzene rings is 1. The lowest BCUT2D eigenvalue weighted by Crippen LogP contribution is -1.95. The van der Waals surface area contributed by atoms with Crippen LogP contribution in [0.2, 0.25) is 0 Å². The van der Waals surface area contributed by atoms with Gasteiger partial charge in [-0.05, 0) is 12.0 Å². The van der Waals surface area contributed by atoms with E-state index in [0.717, 1.165) is 24.8 Å². The van der Waals surface area contributed by atoms with E-state index in [1.807, 2.05) is 30.3 Å². The number of aliphatic hydroxyl groups is 1. The second-order valence-electron chi connectivity index (χ2n) is 3.07. The summed E-state index contributed by atoms with van der Waals surface area (Å²) in [5.41, 5.74) is 1.03. The molecular formula is C11H16O. The van der Waals surface area contributed by atoms with Gasteiger partial charge in [0.05, 0.1) is 6.10 Å². The van der Waals surface area contributed by atoms with Crippen LogP contribution in [0.5, 0.6) is 0 Å². The molecule has 12 heavy (non-hydrogen) atoms. The molecule has 66 valence electrons. The normalized spacial score (nSPS) is 12.8. The summed E-state index contributed by atoms with van der Waals surface area (Å²) in [5.74, 6) is 0. The van der Waals surface area contributed by atoms with Crippen LogP contribution in [0.25, 0.3) is 0 Å². The van der Waals surface area contributed by atoms with Crippen molar-refractivity contribution in [3.63, 3.8) is 0 Å². The van der Waals surface area contributed by atoms with Gasteiger partial charge in [0.25, 0.3) is 0 Å². The maximum atomic E-state index is 9.65. The summed E-state index contributed by atoms with van der Waals surface area (Å²) < 4.78 is 0. The second-order valence-corrected chi connectivity index (χ2v) is 3.07. The predicted molar refractivity (Wildman–Crippen MR) is 50.9 cm³/mol. The lowest BCUT2D eigenvalue weighted by atomic mass is 10.0. The summed E-state index contributed by atoms with van der Waals surface area (Å²) in [6, 6.07) is 9.84. The molecule has 0 aliphatic heterocycles. The summed E-state index contributed by atoms with van der Waals surface area (Å²) in [6.07, 6.45) is 2.84. The molecule has 0 spiro atoms. The van der Waals surface area contributed by atoms with E-state index in [2.05, 4.69) is 6.92 Å². The minimum absolute atomic E-state index is 0.272. The molecule has 1 rings (SSSR count). The monoisotopic (exact) mass is 164 g/mol. The van der Waals surface area contributed by atoms with Gasteiger partial charge >= 0.3 is 0 Å². The van der Waals surface area contributed by atoms with E-state index >= 15 is 0 Å². The Bertz CT molecular complexity index is 206. The molecule has 0 radical (unpaired) electrons. The second kappa shape index (κ2) is 4.94. The smallest absolute Gasteiger partial charge is 0.0790 e. The topological polar surface area (TPSA) is 20.2 Å². The number of hydrogen-bond donors (Lipinski definition) is 1. The minimum Gasteiger partial charge on any atom is -0.388 e. The van der Waals surface area contributed by atoms with E-state index in [9.17, 15) is 5.11 Å². The van der Waals surface area contributed by atoms with Crippen LogP contribution in [-0.2, 0) is 0 Å². The summed E-state index contributed by atoms with van der Waals surface area (Å²) >= 11 is 0. The van der Waals surface area contributed by atoms with Gasteiger partial charge in [-0.3, -0.25) is 0 Å². The standard InChI is InChI=1S/C11H16O/c1-2-3-9-11(12)10-7-5-4-6-8-10/h4-8,11-12H,2-3,9H2,1H3/t11-/m1/s1. The van der Waals surface area contributed by atoms with Crippen molar-refractivity contribution in [1.29, 1.82) is 0 Å². The zero-order chi connectivity index (χ0) is 8.81. The molecule has 0 bridgehead atoms. The van der Waals surface area contributed by atoms with Gasteiger partial charge in [0.2, 0.25) is 0 Å². The van der Waals surface area contributed by atoms with Crippen LogP contribution in [0.1, 0.15) is 37.9 Å². The summed E-state index contributed by atoms with van der Waals surface area (Å²) in [7, 11) is 0. The Morgan fingerprint density at radius 1 is 1.25 bits per heavy atom. The Hall–Kier alpha value is -0.820. The van der Waals surface area contributed by atoms with Gasteiger partial charge in [-0.15, -0.1) is 0 Å². The fourth-order valence-electron chi connectivity index (χ4n) is 1.24. The Kier molecular flexibility index (Phi) is 3.81. The van der Waals surface area contributed by atoms with Gasteiger partial charge < -0.3 is 5.11 Å². The quantitative estimate of drug-likeness (QED) is 0.725. The van der Waals surface area contributed by atoms with Gasteiger partial charge in [-0.25, -0.2) is 0 Å². The van der Waals surface area contributed by atoms with Crippen molar-refractivity contribution in [3.05, 3.63) is 35.9 Å². The van der Waals surface area contributed by atoms with Gasteiger partial charge in [0.15, 0.2) is 0 Å². The maximum absolute atomic E-state index is 9.65. The van der Waals surface area contributed by atoms with Crippen LogP contribution in [0.4, 0.5) is 0 Å². The molecular weight excluding hydrogens is 148 g/mol. The first kappa shape index (κ1) is 9.27. The van der Waals surface area contributed by atoms with E-state index in [0.29, 0.717) is 0 Å². The zero-order valence-corrected chi connectivity index (χ0v) is 7.53. The molecule has 0 heterocycles. The van der Waals surface area contributed by atoms with Gasteiger partial charge in [0, 0.05) is 0 Å². The molecule has 0 fully saturated rings. The molecule has 0 aliphatic rings. The van der Waals surface area contributed by atoms with Crippen molar-refractivity contribution in [1.82, 2.24) is 0 Å². The van der Waals surface area contributed by atoms with Crippen molar-refractivity contribution in [2.75, 3.05) is 0 Å². The Labute approximate surface area is 74.1 Å². The molecule has 0 saturated heterocycles. The van der Waals surface area contributed by atoms with Crippen molar-refractivity contribution in [2.45, 2.75) is 32.3 Å². The molecule has 0 aliphatic carbocycles. The Morgan fingerprint density at radius 3 is 2.50 bits per heavy atom. The van der Waals surface area contributed by atoms with Crippen LogP contribution in [0.15, 0.2) is 30.3 Å². The van der Waals surface area contributed by atoms with Crippen LogP contribution < -0.4 is 0 Å².